The summed E-state index contributed by atoms with van der Waals surface area (Å²) in [7, 11) is 0. The zero-order valence-corrected chi connectivity index (χ0v) is 13.6. The molecule has 0 aromatic carbocycles. The fourth-order valence-corrected chi connectivity index (χ4v) is 2.59. The summed E-state index contributed by atoms with van der Waals surface area (Å²) in [6, 6.07) is 2.42. The average Bonchev–Trinajstić information content (AvgIpc) is 2.84. The summed E-state index contributed by atoms with van der Waals surface area (Å²) in [5.74, 6) is 0.510. The van der Waals surface area contributed by atoms with E-state index in [1.807, 2.05) is 25.7 Å². The van der Waals surface area contributed by atoms with Gasteiger partial charge in [0.1, 0.15) is 5.82 Å². The molecule has 1 aromatic heterocycles. The average molecular weight is 329 g/mol. The molecule has 2 heterocycles. The Morgan fingerprint density at radius 1 is 1.35 bits per heavy atom. The van der Waals surface area contributed by atoms with Gasteiger partial charge in [0.25, 0.3) is 0 Å². The lowest BCUT2D eigenvalue weighted by molar-refractivity contribution is -0.137. The quantitative estimate of drug-likeness (QED) is 0.926. The number of amides is 1. The molecule has 1 unspecified atom stereocenters. The lowest BCUT2D eigenvalue weighted by Gasteiger charge is -2.21. The van der Waals surface area contributed by atoms with E-state index in [2.05, 4.69) is 10.3 Å². The fraction of sp³-hybridized carbons (Fsp3) is 0.625. The maximum Gasteiger partial charge on any atom is 0.417 e. The van der Waals surface area contributed by atoms with Gasteiger partial charge in [-0.25, -0.2) is 4.98 Å². The van der Waals surface area contributed by atoms with Crippen LogP contribution in [0.3, 0.4) is 0 Å². The van der Waals surface area contributed by atoms with E-state index >= 15 is 0 Å². The molecule has 128 valence electrons. The van der Waals surface area contributed by atoms with E-state index in [0.717, 1.165) is 18.7 Å². The third-order valence-corrected chi connectivity index (χ3v) is 3.64. The molecule has 0 radical (unpaired) electrons. The Kier molecular flexibility index (Phi) is 4.87. The summed E-state index contributed by atoms with van der Waals surface area (Å²) < 4.78 is 37.6. The topological polar surface area (TPSA) is 45.2 Å². The normalized spacial score (nSPS) is 19.0. The summed E-state index contributed by atoms with van der Waals surface area (Å²) in [5, 5.41) is 2.98. The van der Waals surface area contributed by atoms with Crippen LogP contribution in [0.4, 0.5) is 19.0 Å². The largest absolute Gasteiger partial charge is 0.417 e. The lowest BCUT2D eigenvalue weighted by Crippen LogP contribution is -2.38. The standard InChI is InChI=1S/C16H22F3N3O/c1-15(2,3)8-14(23)21-12-6-7-22(10-12)13-5-4-11(9-20-13)16(17,18)19/h4-5,9,12H,6-8,10H2,1-3H3,(H,21,23). The first-order valence-corrected chi connectivity index (χ1v) is 7.62. The second kappa shape index (κ2) is 6.37. The van der Waals surface area contributed by atoms with Crippen molar-refractivity contribution < 1.29 is 18.0 Å². The first kappa shape index (κ1) is 17.6. The summed E-state index contributed by atoms with van der Waals surface area (Å²) in [6.45, 7) is 7.23. The molecule has 2 rings (SSSR count). The summed E-state index contributed by atoms with van der Waals surface area (Å²) >= 11 is 0. The smallest absolute Gasteiger partial charge is 0.354 e. The highest BCUT2D eigenvalue weighted by Crippen LogP contribution is 2.30. The van der Waals surface area contributed by atoms with Crippen molar-refractivity contribution in [2.45, 2.75) is 45.8 Å². The van der Waals surface area contributed by atoms with Gasteiger partial charge in [0, 0.05) is 31.7 Å². The highest BCUT2D eigenvalue weighted by Gasteiger charge is 2.31. The summed E-state index contributed by atoms with van der Waals surface area (Å²) in [5.41, 5.74) is -0.826. The molecule has 0 spiro atoms. The number of carbonyl (C=O) groups excluding carboxylic acids is 1. The second-order valence-electron chi connectivity index (χ2n) is 7.14. The molecule has 1 fully saturated rings. The number of halogens is 3. The van der Waals surface area contributed by atoms with Crippen LogP contribution in [-0.4, -0.2) is 30.0 Å². The number of hydrogen-bond acceptors (Lipinski definition) is 3. The second-order valence-corrected chi connectivity index (χ2v) is 7.14. The van der Waals surface area contributed by atoms with E-state index in [-0.39, 0.29) is 17.4 Å². The maximum absolute atomic E-state index is 12.5. The predicted molar refractivity (Wildman–Crippen MR) is 82.1 cm³/mol. The van der Waals surface area contributed by atoms with Crippen LogP contribution < -0.4 is 10.2 Å². The summed E-state index contributed by atoms with van der Waals surface area (Å²) in [4.78, 5) is 17.7. The zero-order chi connectivity index (χ0) is 17.3. The lowest BCUT2D eigenvalue weighted by atomic mass is 9.92. The predicted octanol–water partition coefficient (Wildman–Crippen LogP) is 3.23. The number of carbonyl (C=O) groups is 1. The minimum Gasteiger partial charge on any atom is -0.354 e. The van der Waals surface area contributed by atoms with Crippen LogP contribution in [0.2, 0.25) is 0 Å². The highest BCUT2D eigenvalue weighted by molar-refractivity contribution is 5.77. The van der Waals surface area contributed by atoms with Crippen molar-refractivity contribution in [3.63, 3.8) is 0 Å². The van der Waals surface area contributed by atoms with Gasteiger partial charge < -0.3 is 10.2 Å². The molecule has 1 saturated heterocycles. The van der Waals surface area contributed by atoms with Crippen LogP contribution >= 0.6 is 0 Å². The van der Waals surface area contributed by atoms with Crippen LogP contribution in [-0.2, 0) is 11.0 Å². The Hall–Kier alpha value is -1.79. The van der Waals surface area contributed by atoms with E-state index in [0.29, 0.717) is 25.3 Å². The van der Waals surface area contributed by atoms with Gasteiger partial charge in [0.15, 0.2) is 0 Å². The molecular formula is C16H22F3N3O. The van der Waals surface area contributed by atoms with Gasteiger partial charge in [-0.3, -0.25) is 4.79 Å². The van der Waals surface area contributed by atoms with E-state index in [4.69, 9.17) is 0 Å². The number of pyridine rings is 1. The molecule has 0 saturated carbocycles. The van der Waals surface area contributed by atoms with Crippen molar-refractivity contribution >= 4 is 11.7 Å². The Balaban J connectivity index is 1.91. The minimum atomic E-state index is -4.37. The number of aromatic nitrogens is 1. The number of alkyl halides is 3. The van der Waals surface area contributed by atoms with Gasteiger partial charge in [-0.05, 0) is 24.0 Å². The fourth-order valence-electron chi connectivity index (χ4n) is 2.59. The van der Waals surface area contributed by atoms with Crippen LogP contribution in [0.1, 0.15) is 39.2 Å². The third kappa shape index (κ3) is 5.11. The Morgan fingerprint density at radius 2 is 2.04 bits per heavy atom. The van der Waals surface area contributed by atoms with Gasteiger partial charge in [0.2, 0.25) is 5.91 Å². The Labute approximate surface area is 134 Å². The van der Waals surface area contributed by atoms with Crippen molar-refractivity contribution in [2.75, 3.05) is 18.0 Å². The molecule has 0 bridgehead atoms. The molecule has 7 heteroatoms. The maximum atomic E-state index is 12.5. The van der Waals surface area contributed by atoms with Crippen LogP contribution in [0.25, 0.3) is 0 Å². The van der Waals surface area contributed by atoms with Crippen LogP contribution in [0.15, 0.2) is 18.3 Å². The monoisotopic (exact) mass is 329 g/mol. The van der Waals surface area contributed by atoms with Gasteiger partial charge >= 0.3 is 6.18 Å². The van der Waals surface area contributed by atoms with E-state index in [9.17, 15) is 18.0 Å². The minimum absolute atomic E-state index is 0.00438. The molecular weight excluding hydrogens is 307 g/mol. The van der Waals surface area contributed by atoms with E-state index in [1.54, 1.807) is 0 Å². The molecule has 1 N–H and O–H groups in total. The van der Waals surface area contributed by atoms with E-state index in [1.165, 1.54) is 6.07 Å². The highest BCUT2D eigenvalue weighted by atomic mass is 19.4. The van der Waals surface area contributed by atoms with Crippen LogP contribution in [0.5, 0.6) is 0 Å². The molecule has 1 aromatic rings. The summed E-state index contributed by atoms with van der Waals surface area (Å²) in [6.07, 6.45) is -2.32. The van der Waals surface area contributed by atoms with Gasteiger partial charge in [-0.1, -0.05) is 20.8 Å². The number of hydrogen-bond donors (Lipinski definition) is 1. The first-order valence-electron chi connectivity index (χ1n) is 7.62. The third-order valence-electron chi connectivity index (χ3n) is 3.64. The Morgan fingerprint density at radius 3 is 2.57 bits per heavy atom. The van der Waals surface area contributed by atoms with Crippen LogP contribution in [0, 0.1) is 5.41 Å². The van der Waals surface area contributed by atoms with Crippen molar-refractivity contribution in [1.29, 1.82) is 0 Å². The van der Waals surface area contributed by atoms with Crippen molar-refractivity contribution in [1.82, 2.24) is 10.3 Å². The molecule has 0 aliphatic carbocycles. The molecule has 1 aliphatic heterocycles. The zero-order valence-electron chi connectivity index (χ0n) is 13.6. The molecule has 1 amide bonds. The Bertz CT molecular complexity index is 549. The van der Waals surface area contributed by atoms with Gasteiger partial charge in [-0.15, -0.1) is 0 Å². The van der Waals surface area contributed by atoms with E-state index < -0.39 is 11.7 Å². The van der Waals surface area contributed by atoms with Crippen molar-refractivity contribution in [3.05, 3.63) is 23.9 Å². The van der Waals surface area contributed by atoms with Gasteiger partial charge in [-0.2, -0.15) is 13.2 Å². The SMILES string of the molecule is CC(C)(C)CC(=O)NC1CCN(c2ccc(C(F)(F)F)cn2)C1. The molecule has 4 nitrogen and oxygen atoms in total. The first-order chi connectivity index (χ1) is 10.5. The number of anilines is 1. The number of nitrogens with one attached hydrogen (secondary N) is 1. The van der Waals surface area contributed by atoms with Crippen molar-refractivity contribution in [2.24, 2.45) is 5.41 Å². The number of rotatable bonds is 3. The molecule has 1 aliphatic rings. The number of nitrogens with zero attached hydrogens (tertiary/aromatic N) is 2. The molecule has 23 heavy (non-hydrogen) atoms. The molecule has 1 atom stereocenters. The van der Waals surface area contributed by atoms with Crippen molar-refractivity contribution in [3.8, 4) is 0 Å². The van der Waals surface area contributed by atoms with Gasteiger partial charge in [0.05, 0.1) is 5.56 Å².